The van der Waals surface area contributed by atoms with Crippen molar-refractivity contribution in [3.05, 3.63) is 34.3 Å². The molecule has 0 aliphatic rings. The summed E-state index contributed by atoms with van der Waals surface area (Å²) in [5.74, 6) is 0.136. The number of alkyl halides is 1. The van der Waals surface area contributed by atoms with Gasteiger partial charge < -0.3 is 0 Å². The molecule has 0 aliphatic heterocycles. The first-order valence-electron chi connectivity index (χ1n) is 4.00. The normalized spacial score (nSPS) is 10.1. The van der Waals surface area contributed by atoms with Gasteiger partial charge in [-0.15, -0.1) is 0 Å². The van der Waals surface area contributed by atoms with Crippen LogP contribution in [0.15, 0.2) is 18.2 Å². The molecule has 0 radical (unpaired) electrons. The summed E-state index contributed by atoms with van der Waals surface area (Å²) in [6.07, 6.45) is 0.515. The molecule has 0 saturated heterocycles. The number of halogens is 2. The molecule has 0 saturated carbocycles. The van der Waals surface area contributed by atoms with E-state index >= 15 is 0 Å². The number of carbonyl (C=O) groups is 1. The van der Waals surface area contributed by atoms with E-state index in [0.29, 0.717) is 16.8 Å². The molecule has 1 aromatic rings. The quantitative estimate of drug-likeness (QED) is 0.600. The summed E-state index contributed by atoms with van der Waals surface area (Å²) in [5, 5.41) is 1.31. The summed E-state index contributed by atoms with van der Waals surface area (Å²) in [4.78, 5) is 11.5. The van der Waals surface area contributed by atoms with Crippen molar-refractivity contribution < 1.29 is 4.79 Å². The molecule has 0 amide bonds. The van der Waals surface area contributed by atoms with Gasteiger partial charge in [-0.25, -0.2) is 0 Å². The van der Waals surface area contributed by atoms with Crippen molar-refractivity contribution >= 4 is 33.3 Å². The zero-order chi connectivity index (χ0) is 9.84. The first-order valence-corrected chi connectivity index (χ1v) is 5.50. The Morgan fingerprint density at radius 2 is 2.23 bits per heavy atom. The Morgan fingerprint density at radius 1 is 1.54 bits per heavy atom. The molecular formula is C10H10BrClO. The van der Waals surface area contributed by atoms with Gasteiger partial charge in [-0.2, -0.15) is 0 Å². The summed E-state index contributed by atoms with van der Waals surface area (Å²) in [6.45, 7) is 1.91. The van der Waals surface area contributed by atoms with E-state index in [0.717, 1.165) is 11.1 Å². The molecule has 0 unspecified atom stereocenters. The standard InChI is InChI=1S/C10H10BrClO/c1-7-2-3-8(12)6-9(7)10(13)4-5-11/h2-3,6H,4-5H2,1H3. The number of hydrogen-bond acceptors (Lipinski definition) is 1. The van der Waals surface area contributed by atoms with E-state index in [1.54, 1.807) is 12.1 Å². The molecule has 0 aromatic heterocycles. The Kier molecular flexibility index (Phi) is 3.94. The molecule has 13 heavy (non-hydrogen) atoms. The average molecular weight is 262 g/mol. The number of ketones is 1. The Balaban J connectivity index is 2.99. The van der Waals surface area contributed by atoms with Crippen LogP contribution in [0.5, 0.6) is 0 Å². The van der Waals surface area contributed by atoms with Gasteiger partial charge in [-0.1, -0.05) is 33.6 Å². The highest BCUT2D eigenvalue weighted by atomic mass is 79.9. The minimum atomic E-state index is 0.136. The molecule has 3 heteroatoms. The summed E-state index contributed by atoms with van der Waals surface area (Å²) in [7, 11) is 0. The van der Waals surface area contributed by atoms with Crippen molar-refractivity contribution in [2.75, 3.05) is 5.33 Å². The van der Waals surface area contributed by atoms with Crippen LogP contribution in [-0.4, -0.2) is 11.1 Å². The zero-order valence-corrected chi connectivity index (χ0v) is 9.65. The second kappa shape index (κ2) is 4.77. The Morgan fingerprint density at radius 3 is 2.85 bits per heavy atom. The lowest BCUT2D eigenvalue weighted by Gasteiger charge is -2.03. The number of benzene rings is 1. The van der Waals surface area contributed by atoms with E-state index in [-0.39, 0.29) is 5.78 Å². The third kappa shape index (κ3) is 2.82. The number of rotatable bonds is 3. The van der Waals surface area contributed by atoms with Crippen molar-refractivity contribution in [1.82, 2.24) is 0 Å². The Hall–Kier alpha value is -0.340. The molecule has 0 fully saturated rings. The van der Waals surface area contributed by atoms with Crippen molar-refractivity contribution in [2.45, 2.75) is 13.3 Å². The molecular weight excluding hydrogens is 251 g/mol. The van der Waals surface area contributed by atoms with Crippen LogP contribution < -0.4 is 0 Å². The summed E-state index contributed by atoms with van der Waals surface area (Å²) in [6, 6.07) is 5.38. The van der Waals surface area contributed by atoms with Crippen molar-refractivity contribution in [2.24, 2.45) is 0 Å². The van der Waals surface area contributed by atoms with Crippen LogP contribution in [0.2, 0.25) is 5.02 Å². The van der Waals surface area contributed by atoms with Gasteiger partial charge in [-0.3, -0.25) is 4.79 Å². The van der Waals surface area contributed by atoms with E-state index in [4.69, 9.17) is 11.6 Å². The van der Waals surface area contributed by atoms with Gasteiger partial charge in [0.2, 0.25) is 0 Å². The predicted molar refractivity (Wildman–Crippen MR) is 58.9 cm³/mol. The predicted octanol–water partition coefficient (Wildman–Crippen LogP) is 3.62. The van der Waals surface area contributed by atoms with Crippen LogP contribution >= 0.6 is 27.5 Å². The molecule has 0 bridgehead atoms. The number of Topliss-reactive ketones (excluding diaryl/α,β-unsaturated/α-hetero) is 1. The van der Waals surface area contributed by atoms with Crippen molar-refractivity contribution in [1.29, 1.82) is 0 Å². The van der Waals surface area contributed by atoms with E-state index in [9.17, 15) is 4.79 Å². The highest BCUT2D eigenvalue weighted by molar-refractivity contribution is 9.09. The molecule has 1 aromatic carbocycles. The van der Waals surface area contributed by atoms with Crippen LogP contribution in [0.3, 0.4) is 0 Å². The van der Waals surface area contributed by atoms with Crippen LogP contribution in [0, 0.1) is 6.92 Å². The maximum atomic E-state index is 11.5. The van der Waals surface area contributed by atoms with Gasteiger partial charge in [0.1, 0.15) is 0 Å². The van der Waals surface area contributed by atoms with E-state index in [1.807, 2.05) is 13.0 Å². The minimum Gasteiger partial charge on any atom is -0.294 e. The highest BCUT2D eigenvalue weighted by Crippen LogP contribution is 2.17. The SMILES string of the molecule is Cc1ccc(Cl)cc1C(=O)CCBr. The van der Waals surface area contributed by atoms with Crippen LogP contribution in [-0.2, 0) is 0 Å². The molecule has 1 rings (SSSR count). The fraction of sp³-hybridized carbons (Fsp3) is 0.300. The third-order valence-corrected chi connectivity index (χ3v) is 2.45. The molecule has 70 valence electrons. The van der Waals surface area contributed by atoms with E-state index in [2.05, 4.69) is 15.9 Å². The second-order valence-electron chi connectivity index (χ2n) is 2.82. The van der Waals surface area contributed by atoms with Gasteiger partial charge >= 0.3 is 0 Å². The molecule has 1 nitrogen and oxygen atoms in total. The van der Waals surface area contributed by atoms with Gasteiger partial charge in [-0.05, 0) is 24.6 Å². The second-order valence-corrected chi connectivity index (χ2v) is 4.05. The lowest BCUT2D eigenvalue weighted by Crippen LogP contribution is -2.01. The topological polar surface area (TPSA) is 17.1 Å². The van der Waals surface area contributed by atoms with E-state index in [1.165, 1.54) is 0 Å². The zero-order valence-electron chi connectivity index (χ0n) is 7.31. The summed E-state index contributed by atoms with van der Waals surface area (Å²) in [5.41, 5.74) is 1.71. The maximum absolute atomic E-state index is 11.5. The molecule has 0 heterocycles. The minimum absolute atomic E-state index is 0.136. The Bertz CT molecular complexity index is 323. The van der Waals surface area contributed by atoms with Crippen LogP contribution in [0.4, 0.5) is 0 Å². The highest BCUT2D eigenvalue weighted by Gasteiger charge is 2.08. The number of carbonyl (C=O) groups excluding carboxylic acids is 1. The fourth-order valence-corrected chi connectivity index (χ4v) is 1.65. The molecule has 0 N–H and O–H groups in total. The van der Waals surface area contributed by atoms with Crippen molar-refractivity contribution in [3.8, 4) is 0 Å². The van der Waals surface area contributed by atoms with Crippen LogP contribution in [0.25, 0.3) is 0 Å². The smallest absolute Gasteiger partial charge is 0.164 e. The Labute approximate surface area is 91.2 Å². The van der Waals surface area contributed by atoms with Gasteiger partial charge in [0.15, 0.2) is 5.78 Å². The fourth-order valence-electron chi connectivity index (χ4n) is 1.12. The first kappa shape index (κ1) is 10.7. The summed E-state index contributed by atoms with van der Waals surface area (Å²) < 4.78 is 0. The van der Waals surface area contributed by atoms with Gasteiger partial charge in [0, 0.05) is 22.3 Å². The summed E-state index contributed by atoms with van der Waals surface area (Å²) >= 11 is 9.03. The lowest BCUT2D eigenvalue weighted by molar-refractivity contribution is 0.0989. The largest absolute Gasteiger partial charge is 0.294 e. The number of hydrogen-bond donors (Lipinski definition) is 0. The van der Waals surface area contributed by atoms with Gasteiger partial charge in [0.05, 0.1) is 0 Å². The monoisotopic (exact) mass is 260 g/mol. The van der Waals surface area contributed by atoms with E-state index < -0.39 is 0 Å². The maximum Gasteiger partial charge on any atom is 0.164 e. The lowest BCUT2D eigenvalue weighted by atomic mass is 10.0. The molecule has 0 aliphatic carbocycles. The third-order valence-electron chi connectivity index (χ3n) is 1.82. The first-order chi connectivity index (χ1) is 6.15. The number of aryl methyl sites for hydroxylation is 1. The molecule has 0 atom stereocenters. The average Bonchev–Trinajstić information content (AvgIpc) is 2.09. The van der Waals surface area contributed by atoms with Gasteiger partial charge in [0.25, 0.3) is 0 Å². The van der Waals surface area contributed by atoms with Crippen LogP contribution in [0.1, 0.15) is 22.3 Å². The van der Waals surface area contributed by atoms with Crippen molar-refractivity contribution in [3.63, 3.8) is 0 Å². The molecule has 0 spiro atoms.